The molecule has 0 fully saturated rings. The van der Waals surface area contributed by atoms with Gasteiger partial charge in [-0.25, -0.2) is 0 Å². The lowest BCUT2D eigenvalue weighted by atomic mass is 10.1. The molecule has 2 aromatic heterocycles. The van der Waals surface area contributed by atoms with E-state index in [1.54, 1.807) is 42.4 Å². The number of aromatic nitrogens is 3. The lowest BCUT2D eigenvalue weighted by Crippen LogP contribution is -2.36. The predicted octanol–water partition coefficient (Wildman–Crippen LogP) is 0.00900. The first-order valence-corrected chi connectivity index (χ1v) is 7.72. The van der Waals surface area contributed by atoms with E-state index in [9.17, 15) is 9.59 Å². The van der Waals surface area contributed by atoms with Crippen LogP contribution in [0.25, 0.3) is 0 Å². The Balaban J connectivity index is 1.61. The van der Waals surface area contributed by atoms with E-state index in [1.165, 1.54) is 0 Å². The molecule has 24 heavy (non-hydrogen) atoms. The first-order valence-electron chi connectivity index (χ1n) is 7.72. The zero-order valence-electron chi connectivity index (χ0n) is 13.4. The highest BCUT2D eigenvalue weighted by molar-refractivity contribution is 5.95. The van der Waals surface area contributed by atoms with Gasteiger partial charge in [-0.1, -0.05) is 6.07 Å². The van der Waals surface area contributed by atoms with E-state index in [4.69, 9.17) is 4.74 Å². The molecule has 1 aliphatic heterocycles. The number of nitrogens with zero attached hydrogens (tertiary/aromatic N) is 3. The molecule has 3 rings (SSSR count). The molecule has 0 saturated heterocycles. The van der Waals surface area contributed by atoms with E-state index in [-0.39, 0.29) is 17.9 Å². The summed E-state index contributed by atoms with van der Waals surface area (Å²) in [7, 11) is 1.58. The molecule has 1 aliphatic rings. The molecule has 0 bridgehead atoms. The van der Waals surface area contributed by atoms with Crippen LogP contribution in [-0.2, 0) is 17.7 Å². The third-order valence-electron chi connectivity index (χ3n) is 3.85. The molecule has 0 spiro atoms. The van der Waals surface area contributed by atoms with Crippen LogP contribution in [0.5, 0.6) is 0 Å². The number of ether oxygens (including phenoxy) is 1. The van der Waals surface area contributed by atoms with Crippen LogP contribution in [-0.4, -0.2) is 52.9 Å². The monoisotopic (exact) mass is 329 g/mol. The summed E-state index contributed by atoms with van der Waals surface area (Å²) in [6.07, 6.45) is 3.71. The minimum absolute atomic E-state index is 0.103. The maximum Gasteiger partial charge on any atom is 0.270 e. The number of hydrogen-bond acceptors (Lipinski definition) is 5. The molecule has 0 radical (unpaired) electrons. The number of hydrogen-bond donors (Lipinski definition) is 2. The Labute approximate surface area is 139 Å². The molecule has 8 heteroatoms. The van der Waals surface area contributed by atoms with Gasteiger partial charge in [0, 0.05) is 26.3 Å². The van der Waals surface area contributed by atoms with Crippen LogP contribution in [0, 0.1) is 0 Å². The summed E-state index contributed by atoms with van der Waals surface area (Å²) in [5.41, 5.74) is 1.75. The maximum absolute atomic E-state index is 12.2. The minimum atomic E-state index is -0.225. The number of carbonyl (C=O) groups is 2. The predicted molar refractivity (Wildman–Crippen MR) is 85.6 cm³/mol. The minimum Gasteiger partial charge on any atom is -0.383 e. The molecule has 0 aromatic carbocycles. The Morgan fingerprint density at radius 1 is 1.38 bits per heavy atom. The van der Waals surface area contributed by atoms with Crippen LogP contribution >= 0.6 is 0 Å². The molecule has 0 unspecified atom stereocenters. The second-order valence-electron chi connectivity index (χ2n) is 5.53. The Hall–Kier alpha value is -2.74. The normalized spacial score (nSPS) is 15.8. The van der Waals surface area contributed by atoms with Crippen molar-refractivity contribution in [1.82, 2.24) is 25.4 Å². The lowest BCUT2D eigenvalue weighted by molar-refractivity contribution is 0.0928. The van der Waals surface area contributed by atoms with E-state index in [1.807, 2.05) is 0 Å². The number of rotatable bonds is 6. The highest BCUT2D eigenvalue weighted by Crippen LogP contribution is 2.19. The molecule has 8 nitrogen and oxygen atoms in total. The summed E-state index contributed by atoms with van der Waals surface area (Å²) < 4.78 is 6.67. The summed E-state index contributed by atoms with van der Waals surface area (Å²) in [4.78, 5) is 28.4. The van der Waals surface area contributed by atoms with Crippen molar-refractivity contribution >= 4 is 11.8 Å². The van der Waals surface area contributed by atoms with Crippen molar-refractivity contribution in [1.29, 1.82) is 0 Å². The van der Waals surface area contributed by atoms with Gasteiger partial charge in [-0.05, 0) is 12.1 Å². The first-order chi connectivity index (χ1) is 11.7. The first kappa shape index (κ1) is 16.1. The largest absolute Gasteiger partial charge is 0.383 e. The zero-order chi connectivity index (χ0) is 16.9. The highest BCUT2D eigenvalue weighted by atomic mass is 16.5. The molecule has 3 heterocycles. The molecule has 2 amide bonds. The third-order valence-corrected chi connectivity index (χ3v) is 3.85. The number of nitrogens with one attached hydrogen (secondary N) is 2. The summed E-state index contributed by atoms with van der Waals surface area (Å²) >= 11 is 0. The molecular formula is C16H19N5O3. The van der Waals surface area contributed by atoms with Gasteiger partial charge in [0.15, 0.2) is 0 Å². The summed E-state index contributed by atoms with van der Waals surface area (Å²) in [6.45, 7) is 1.44. The summed E-state index contributed by atoms with van der Waals surface area (Å²) in [6, 6.07) is 5.09. The van der Waals surface area contributed by atoms with Crippen LogP contribution < -0.4 is 10.6 Å². The molecular weight excluding hydrogens is 310 g/mol. The van der Waals surface area contributed by atoms with Crippen LogP contribution in [0.1, 0.15) is 26.5 Å². The van der Waals surface area contributed by atoms with Gasteiger partial charge in [0.05, 0.1) is 36.6 Å². The average Bonchev–Trinajstić information content (AvgIpc) is 3.15. The smallest absolute Gasteiger partial charge is 0.270 e. The second-order valence-corrected chi connectivity index (χ2v) is 5.53. The number of methoxy groups -OCH3 is 1. The summed E-state index contributed by atoms with van der Waals surface area (Å²) in [5.74, 6) is -0.401. The Bertz CT molecular complexity index is 729. The van der Waals surface area contributed by atoms with Gasteiger partial charge in [-0.2, -0.15) is 5.10 Å². The quantitative estimate of drug-likeness (QED) is 0.728. The fraction of sp³-hybridized carbons (Fsp3) is 0.375. The maximum atomic E-state index is 12.2. The van der Waals surface area contributed by atoms with Crippen molar-refractivity contribution in [2.45, 2.75) is 19.0 Å². The fourth-order valence-corrected chi connectivity index (χ4v) is 2.69. The van der Waals surface area contributed by atoms with Crippen molar-refractivity contribution in [2.75, 3.05) is 20.3 Å². The molecule has 2 aromatic rings. The van der Waals surface area contributed by atoms with Gasteiger partial charge in [0.2, 0.25) is 0 Å². The van der Waals surface area contributed by atoms with Gasteiger partial charge < -0.3 is 15.4 Å². The van der Waals surface area contributed by atoms with E-state index in [0.29, 0.717) is 37.4 Å². The second kappa shape index (κ2) is 7.22. The van der Waals surface area contributed by atoms with E-state index < -0.39 is 0 Å². The van der Waals surface area contributed by atoms with Crippen LogP contribution in [0.3, 0.4) is 0 Å². The fourth-order valence-electron chi connectivity index (χ4n) is 2.69. The lowest BCUT2D eigenvalue weighted by Gasteiger charge is -2.11. The van der Waals surface area contributed by atoms with Crippen LogP contribution in [0.2, 0.25) is 0 Å². The van der Waals surface area contributed by atoms with Gasteiger partial charge in [-0.15, -0.1) is 0 Å². The van der Waals surface area contributed by atoms with E-state index >= 15 is 0 Å². The van der Waals surface area contributed by atoms with Gasteiger partial charge in [0.25, 0.3) is 11.8 Å². The van der Waals surface area contributed by atoms with Gasteiger partial charge in [-0.3, -0.25) is 19.3 Å². The summed E-state index contributed by atoms with van der Waals surface area (Å²) in [5, 5.41) is 9.95. The van der Waals surface area contributed by atoms with Crippen molar-refractivity contribution in [2.24, 2.45) is 0 Å². The SMILES string of the molecule is COCCNC(=O)c1cnn2c1C[C@H](NC(=O)c1ccccn1)C2. The number of fused-ring (bicyclic) bond motifs is 1. The van der Waals surface area contributed by atoms with Crippen molar-refractivity contribution < 1.29 is 14.3 Å². The highest BCUT2D eigenvalue weighted by Gasteiger charge is 2.29. The third kappa shape index (κ3) is 3.43. The molecule has 0 aliphatic carbocycles. The molecule has 1 atom stereocenters. The van der Waals surface area contributed by atoms with Crippen LogP contribution in [0.4, 0.5) is 0 Å². The average molecular weight is 329 g/mol. The molecule has 126 valence electrons. The Morgan fingerprint density at radius 2 is 2.25 bits per heavy atom. The Morgan fingerprint density at radius 3 is 3.00 bits per heavy atom. The van der Waals surface area contributed by atoms with Crippen molar-refractivity contribution in [3.05, 3.63) is 47.5 Å². The van der Waals surface area contributed by atoms with Crippen LogP contribution in [0.15, 0.2) is 30.6 Å². The standard InChI is InChI=1S/C16H19N5O3/c1-24-7-6-18-15(22)12-9-19-21-10-11(8-14(12)21)20-16(23)13-4-2-3-5-17-13/h2-5,9,11H,6-8,10H2,1H3,(H,18,22)(H,20,23)/t11-/m0/s1. The van der Waals surface area contributed by atoms with Gasteiger partial charge >= 0.3 is 0 Å². The number of amides is 2. The van der Waals surface area contributed by atoms with Crippen molar-refractivity contribution in [3.63, 3.8) is 0 Å². The van der Waals surface area contributed by atoms with E-state index in [0.717, 1.165) is 5.69 Å². The topological polar surface area (TPSA) is 98.1 Å². The molecule has 2 N–H and O–H groups in total. The number of pyridine rings is 1. The van der Waals surface area contributed by atoms with E-state index in [2.05, 4.69) is 20.7 Å². The zero-order valence-corrected chi connectivity index (χ0v) is 13.4. The Kier molecular flexibility index (Phi) is 4.85. The number of carbonyl (C=O) groups excluding carboxylic acids is 2. The van der Waals surface area contributed by atoms with Crippen molar-refractivity contribution in [3.8, 4) is 0 Å². The molecule has 0 saturated carbocycles. The van der Waals surface area contributed by atoms with Gasteiger partial charge in [0.1, 0.15) is 5.69 Å².